The first kappa shape index (κ1) is 15.8. The van der Waals surface area contributed by atoms with Gasteiger partial charge in [-0.05, 0) is 0 Å². The standard InChI is InChI=1S/C2H2O4.H3NO.V/c3-1(4)2(5)6;1-2;/h(H,3,4)(H,5,6);2H,1H2;. The summed E-state index contributed by atoms with van der Waals surface area (Å²) in [5.74, 6) is -0.148. The number of carboxylic acids is 2. The Balaban J connectivity index is -0.000000109. The van der Waals surface area contributed by atoms with Crippen molar-refractivity contribution in [3.8, 4) is 0 Å². The van der Waals surface area contributed by atoms with Crippen LogP contribution in [0.3, 0.4) is 0 Å². The van der Waals surface area contributed by atoms with Gasteiger partial charge in [-0.3, -0.25) is 0 Å². The summed E-state index contributed by atoms with van der Waals surface area (Å²) in [6, 6.07) is 0. The number of carbonyl (C=O) groups is 2. The smallest absolute Gasteiger partial charge is 0.414 e. The van der Waals surface area contributed by atoms with Crippen LogP contribution in [0.15, 0.2) is 0 Å². The van der Waals surface area contributed by atoms with Crippen LogP contribution in [-0.4, -0.2) is 27.4 Å². The maximum absolute atomic E-state index is 9.10. The van der Waals surface area contributed by atoms with E-state index in [1.54, 1.807) is 0 Å². The van der Waals surface area contributed by atoms with Crippen LogP contribution in [0.5, 0.6) is 0 Å². The molecule has 0 bridgehead atoms. The predicted octanol–water partition coefficient (Wildman–Crippen LogP) is -1.51. The Kier molecular flexibility index (Phi) is 18.3. The summed E-state index contributed by atoms with van der Waals surface area (Å²) in [5, 5.41) is 21.3. The topological polar surface area (TPSA) is 121 Å². The number of rotatable bonds is 0. The molecule has 0 atom stereocenters. The molecule has 9 heavy (non-hydrogen) atoms. The molecule has 0 aromatic carbocycles. The third kappa shape index (κ3) is 18.6. The zero-order valence-electron chi connectivity index (χ0n) is 4.18. The minimum atomic E-state index is -1.82. The Labute approximate surface area is 62.1 Å². The Morgan fingerprint density at radius 1 is 1.00 bits per heavy atom. The third-order valence-corrected chi connectivity index (χ3v) is 0.183. The van der Waals surface area contributed by atoms with Crippen molar-refractivity contribution in [2.75, 3.05) is 0 Å². The molecule has 0 aliphatic heterocycles. The van der Waals surface area contributed by atoms with Crippen molar-refractivity contribution in [3.63, 3.8) is 0 Å². The Bertz CT molecular complexity index is 81.0. The summed E-state index contributed by atoms with van der Waals surface area (Å²) in [6.07, 6.45) is 0. The summed E-state index contributed by atoms with van der Waals surface area (Å²) >= 11 is 0. The minimum Gasteiger partial charge on any atom is -0.473 e. The first-order valence-corrected chi connectivity index (χ1v) is 1.36. The van der Waals surface area contributed by atoms with Gasteiger partial charge in [0.1, 0.15) is 0 Å². The second-order valence-corrected chi connectivity index (χ2v) is 0.610. The molecule has 0 aliphatic rings. The molecule has 0 aromatic rings. The van der Waals surface area contributed by atoms with E-state index in [-0.39, 0.29) is 18.6 Å². The normalized spacial score (nSPS) is 5.56. The van der Waals surface area contributed by atoms with Gasteiger partial charge in [0.25, 0.3) is 0 Å². The largest absolute Gasteiger partial charge is 0.473 e. The molecule has 0 unspecified atom stereocenters. The van der Waals surface area contributed by atoms with E-state index >= 15 is 0 Å². The van der Waals surface area contributed by atoms with Gasteiger partial charge in [0, 0.05) is 18.6 Å². The summed E-state index contributed by atoms with van der Waals surface area (Å²) in [5.41, 5.74) is 0. The molecule has 0 heterocycles. The second kappa shape index (κ2) is 10.4. The van der Waals surface area contributed by atoms with E-state index in [0.29, 0.717) is 0 Å². The number of hydrogen-bond acceptors (Lipinski definition) is 4. The van der Waals surface area contributed by atoms with Gasteiger partial charge >= 0.3 is 11.9 Å². The maximum Gasteiger partial charge on any atom is 0.414 e. The fourth-order valence-corrected chi connectivity index (χ4v) is 0. The number of aliphatic carboxylic acids is 2. The Morgan fingerprint density at radius 3 is 1.11 bits per heavy atom. The van der Waals surface area contributed by atoms with Gasteiger partial charge < -0.3 is 15.4 Å². The molecule has 0 aromatic heterocycles. The van der Waals surface area contributed by atoms with Crippen molar-refractivity contribution in [2.45, 2.75) is 0 Å². The van der Waals surface area contributed by atoms with Gasteiger partial charge in [-0.2, -0.15) is 0 Å². The van der Waals surface area contributed by atoms with Gasteiger partial charge in [0.2, 0.25) is 0 Å². The molecule has 0 saturated heterocycles. The molecule has 0 saturated carbocycles. The van der Waals surface area contributed by atoms with Crippen molar-refractivity contribution in [1.82, 2.24) is 0 Å². The third-order valence-electron chi connectivity index (χ3n) is 0.183. The van der Waals surface area contributed by atoms with Crippen molar-refractivity contribution in [2.24, 2.45) is 5.90 Å². The Morgan fingerprint density at radius 2 is 1.11 bits per heavy atom. The van der Waals surface area contributed by atoms with E-state index in [2.05, 4.69) is 5.90 Å². The molecule has 1 radical (unpaired) electrons. The van der Waals surface area contributed by atoms with E-state index in [1.807, 2.05) is 0 Å². The molecule has 53 valence electrons. The molecular weight excluding hydrogens is 169 g/mol. The maximum atomic E-state index is 9.10. The molecule has 0 amide bonds. The SMILES string of the molecule is NO.O=C(O)C(=O)O.[V]. The molecule has 0 rings (SSSR count). The van der Waals surface area contributed by atoms with Crippen LogP contribution in [0.25, 0.3) is 0 Å². The van der Waals surface area contributed by atoms with Crippen molar-refractivity contribution < 1.29 is 43.6 Å². The average Bonchev–Trinajstić information content (AvgIpc) is 1.72. The van der Waals surface area contributed by atoms with Gasteiger partial charge in [0.05, 0.1) is 0 Å². The number of nitrogens with two attached hydrogens (primary N) is 1. The van der Waals surface area contributed by atoms with Gasteiger partial charge in [-0.15, -0.1) is 0 Å². The van der Waals surface area contributed by atoms with Crippen LogP contribution in [0.2, 0.25) is 0 Å². The minimum absolute atomic E-state index is 0. The summed E-state index contributed by atoms with van der Waals surface area (Å²) in [7, 11) is 0. The second-order valence-electron chi connectivity index (χ2n) is 0.610. The summed E-state index contributed by atoms with van der Waals surface area (Å²) in [6.45, 7) is 0. The Hall–Kier alpha value is -0.556. The van der Waals surface area contributed by atoms with Gasteiger partial charge in [-0.1, -0.05) is 0 Å². The molecule has 6 nitrogen and oxygen atoms in total. The van der Waals surface area contributed by atoms with E-state index in [1.165, 1.54) is 0 Å². The van der Waals surface area contributed by atoms with Crippen LogP contribution < -0.4 is 5.90 Å². The monoisotopic (exact) mass is 174 g/mol. The summed E-state index contributed by atoms with van der Waals surface area (Å²) in [4.78, 5) is 18.2. The van der Waals surface area contributed by atoms with Crippen molar-refractivity contribution >= 4 is 11.9 Å². The first-order chi connectivity index (χ1) is 3.64. The van der Waals surface area contributed by atoms with Gasteiger partial charge in [-0.25, -0.2) is 15.5 Å². The molecule has 0 aliphatic carbocycles. The molecule has 0 spiro atoms. The van der Waals surface area contributed by atoms with Crippen LogP contribution in [-0.2, 0) is 28.1 Å². The zero-order valence-corrected chi connectivity index (χ0v) is 5.58. The van der Waals surface area contributed by atoms with Crippen LogP contribution in [0, 0.1) is 0 Å². The first-order valence-electron chi connectivity index (χ1n) is 1.36. The summed E-state index contributed by atoms with van der Waals surface area (Å²) < 4.78 is 0. The van der Waals surface area contributed by atoms with E-state index in [4.69, 9.17) is 25.0 Å². The zero-order chi connectivity index (χ0) is 7.15. The van der Waals surface area contributed by atoms with Crippen LogP contribution >= 0.6 is 0 Å². The fraction of sp³-hybridized carbons (Fsp3) is 0. The number of carboxylic acid groups (broad SMARTS) is 2. The predicted molar refractivity (Wildman–Crippen MR) is 21.2 cm³/mol. The van der Waals surface area contributed by atoms with E-state index < -0.39 is 11.9 Å². The van der Waals surface area contributed by atoms with E-state index in [9.17, 15) is 0 Å². The van der Waals surface area contributed by atoms with Crippen molar-refractivity contribution in [1.29, 1.82) is 0 Å². The van der Waals surface area contributed by atoms with Gasteiger partial charge in [0.15, 0.2) is 0 Å². The molecule has 7 heteroatoms. The molecule has 0 fully saturated rings. The van der Waals surface area contributed by atoms with Crippen molar-refractivity contribution in [3.05, 3.63) is 0 Å². The van der Waals surface area contributed by atoms with E-state index in [0.717, 1.165) is 0 Å². The number of hydrogen-bond donors (Lipinski definition) is 4. The quantitative estimate of drug-likeness (QED) is 0.261. The molecule has 5 N–H and O–H groups in total. The average molecular weight is 174 g/mol. The van der Waals surface area contributed by atoms with Crippen LogP contribution in [0.1, 0.15) is 0 Å². The fourth-order valence-electron chi connectivity index (χ4n) is 0. The molecular formula is C2H5NO5V. The van der Waals surface area contributed by atoms with Crippen LogP contribution in [0.4, 0.5) is 0 Å².